The highest BCUT2D eigenvalue weighted by atomic mass is 35.5. The number of rotatable bonds is 4. The number of hydrazine groups is 1. The van der Waals surface area contributed by atoms with Crippen molar-refractivity contribution >= 4 is 84.8 Å². The first kappa shape index (κ1) is 18.8. The third kappa shape index (κ3) is 4.08. The van der Waals surface area contributed by atoms with E-state index < -0.39 is 15.9 Å². The fourth-order valence-electron chi connectivity index (χ4n) is 1.88. The SMILES string of the molecule is O=C1/C(=C/c2ccc(Cl)c(Cl)c2)SC(=S)N1NS(=O)(=O)c1cccs1. The topological polar surface area (TPSA) is 66.5 Å². The van der Waals surface area contributed by atoms with Gasteiger partial charge in [-0.2, -0.15) is 0 Å². The van der Waals surface area contributed by atoms with Crippen LogP contribution in [-0.2, 0) is 14.8 Å². The second-order valence-corrected chi connectivity index (χ2v) is 10.0. The van der Waals surface area contributed by atoms with Crippen molar-refractivity contribution in [1.82, 2.24) is 9.84 Å². The number of benzene rings is 1. The average Bonchev–Trinajstić information content (AvgIpc) is 3.17. The van der Waals surface area contributed by atoms with Crippen LogP contribution in [0.5, 0.6) is 0 Å². The number of carbonyl (C=O) groups is 1. The van der Waals surface area contributed by atoms with Gasteiger partial charge in [0, 0.05) is 0 Å². The quantitative estimate of drug-likeness (QED) is 0.559. The normalized spacial score (nSPS) is 16.9. The van der Waals surface area contributed by atoms with Crippen molar-refractivity contribution in [2.75, 3.05) is 0 Å². The number of hydrogen-bond acceptors (Lipinski definition) is 6. The van der Waals surface area contributed by atoms with Crippen LogP contribution in [-0.4, -0.2) is 23.7 Å². The Kier molecular flexibility index (Phi) is 5.54. The molecule has 1 amide bonds. The maximum atomic E-state index is 12.5. The fourth-order valence-corrected chi connectivity index (χ4v) is 5.48. The molecule has 11 heteroatoms. The molecule has 1 N–H and O–H groups in total. The molecule has 1 saturated heterocycles. The molecule has 1 aromatic carbocycles. The molecule has 0 spiro atoms. The van der Waals surface area contributed by atoms with E-state index in [-0.39, 0.29) is 13.4 Å². The second kappa shape index (κ2) is 7.36. The van der Waals surface area contributed by atoms with Crippen LogP contribution < -0.4 is 4.83 Å². The summed E-state index contributed by atoms with van der Waals surface area (Å²) in [6.45, 7) is 0. The van der Waals surface area contributed by atoms with Crippen LogP contribution in [0.25, 0.3) is 6.08 Å². The number of carbonyl (C=O) groups excluding carboxylic acids is 1. The maximum Gasteiger partial charge on any atom is 0.281 e. The van der Waals surface area contributed by atoms with Crippen molar-refractivity contribution in [3.8, 4) is 0 Å². The molecule has 0 bridgehead atoms. The Morgan fingerprint density at radius 1 is 1.20 bits per heavy atom. The van der Waals surface area contributed by atoms with Gasteiger partial charge in [0.2, 0.25) is 0 Å². The summed E-state index contributed by atoms with van der Waals surface area (Å²) in [4.78, 5) is 15.0. The van der Waals surface area contributed by atoms with Crippen LogP contribution in [0.3, 0.4) is 0 Å². The monoisotopic (exact) mass is 450 g/mol. The molecule has 1 fully saturated rings. The molecular formula is C14H8Cl2N2O3S4. The first-order valence-electron chi connectivity index (χ1n) is 6.57. The molecule has 2 aromatic rings. The molecule has 5 nitrogen and oxygen atoms in total. The van der Waals surface area contributed by atoms with Crippen molar-refractivity contribution in [2.24, 2.45) is 0 Å². The molecule has 130 valence electrons. The lowest BCUT2D eigenvalue weighted by molar-refractivity contribution is -0.123. The Morgan fingerprint density at radius 2 is 1.96 bits per heavy atom. The maximum absolute atomic E-state index is 12.5. The Balaban J connectivity index is 1.85. The second-order valence-electron chi connectivity index (χ2n) is 4.72. The lowest BCUT2D eigenvalue weighted by Crippen LogP contribution is -2.44. The number of thioether (sulfide) groups is 1. The molecule has 0 saturated carbocycles. The summed E-state index contributed by atoms with van der Waals surface area (Å²) in [5, 5.41) is 3.22. The molecular weight excluding hydrogens is 443 g/mol. The van der Waals surface area contributed by atoms with E-state index in [4.69, 9.17) is 35.4 Å². The average molecular weight is 451 g/mol. The van der Waals surface area contributed by atoms with Gasteiger partial charge in [-0.25, -0.2) is 13.4 Å². The highest BCUT2D eigenvalue weighted by molar-refractivity contribution is 8.26. The number of nitrogens with one attached hydrogen (secondary N) is 1. The highest BCUT2D eigenvalue weighted by Crippen LogP contribution is 2.33. The first-order chi connectivity index (χ1) is 11.8. The van der Waals surface area contributed by atoms with E-state index in [1.54, 1.807) is 35.7 Å². The van der Waals surface area contributed by atoms with E-state index in [0.29, 0.717) is 15.6 Å². The van der Waals surface area contributed by atoms with Gasteiger partial charge >= 0.3 is 0 Å². The predicted molar refractivity (Wildman–Crippen MR) is 106 cm³/mol. The molecule has 1 aliphatic heterocycles. The highest BCUT2D eigenvalue weighted by Gasteiger charge is 2.35. The van der Waals surface area contributed by atoms with Gasteiger partial charge in [-0.1, -0.05) is 59.3 Å². The van der Waals surface area contributed by atoms with Gasteiger partial charge in [0.05, 0.1) is 15.0 Å². The Bertz CT molecular complexity index is 988. The van der Waals surface area contributed by atoms with E-state index >= 15 is 0 Å². The molecule has 1 aromatic heterocycles. The Morgan fingerprint density at radius 3 is 2.60 bits per heavy atom. The minimum absolute atomic E-state index is 0.0926. The molecule has 0 aliphatic carbocycles. The molecule has 25 heavy (non-hydrogen) atoms. The van der Waals surface area contributed by atoms with Crippen LogP contribution >= 0.6 is 58.5 Å². The Labute approximate surface area is 167 Å². The number of thiophene rings is 1. The third-order valence-electron chi connectivity index (χ3n) is 3.01. The van der Waals surface area contributed by atoms with E-state index in [0.717, 1.165) is 28.1 Å². The number of nitrogens with zero attached hydrogens (tertiary/aromatic N) is 1. The van der Waals surface area contributed by atoms with Gasteiger partial charge in [-0.05, 0) is 35.2 Å². The minimum atomic E-state index is -3.87. The summed E-state index contributed by atoms with van der Waals surface area (Å²) in [5.41, 5.74) is 0.649. The molecule has 2 heterocycles. The number of sulfonamides is 1. The van der Waals surface area contributed by atoms with Gasteiger partial charge in [0.1, 0.15) is 4.21 Å². The van der Waals surface area contributed by atoms with Crippen LogP contribution in [0.4, 0.5) is 0 Å². The zero-order valence-corrected chi connectivity index (χ0v) is 16.9. The van der Waals surface area contributed by atoms with Gasteiger partial charge in [0.25, 0.3) is 15.9 Å². The van der Waals surface area contributed by atoms with Crippen molar-refractivity contribution in [1.29, 1.82) is 0 Å². The van der Waals surface area contributed by atoms with Crippen molar-refractivity contribution < 1.29 is 13.2 Å². The Hall–Kier alpha value is -0.940. The smallest absolute Gasteiger partial charge is 0.267 e. The van der Waals surface area contributed by atoms with Gasteiger partial charge < -0.3 is 0 Å². The van der Waals surface area contributed by atoms with Gasteiger partial charge in [-0.3, -0.25) is 4.79 Å². The molecule has 3 rings (SSSR count). The van der Waals surface area contributed by atoms with Crippen LogP contribution in [0.1, 0.15) is 5.56 Å². The number of halogens is 2. The first-order valence-corrected chi connectivity index (χ1v) is 10.9. The van der Waals surface area contributed by atoms with E-state index in [1.165, 1.54) is 6.07 Å². The third-order valence-corrected chi connectivity index (χ3v) is 7.74. The van der Waals surface area contributed by atoms with Crippen molar-refractivity contribution in [3.63, 3.8) is 0 Å². The summed E-state index contributed by atoms with van der Waals surface area (Å²) in [7, 11) is -3.87. The standard InChI is InChI=1S/C14H8Cl2N2O3S4/c15-9-4-3-8(6-10(9)16)7-11-13(19)18(14(22)24-11)17-25(20,21)12-2-1-5-23-12/h1-7,17H/b11-7-. The largest absolute Gasteiger partial charge is 0.281 e. The number of thiocarbonyl (C=S) groups is 1. The zero-order chi connectivity index (χ0) is 18.2. The van der Waals surface area contributed by atoms with Crippen molar-refractivity contribution in [3.05, 3.63) is 56.2 Å². The van der Waals surface area contributed by atoms with E-state index in [2.05, 4.69) is 4.83 Å². The van der Waals surface area contributed by atoms with Crippen LogP contribution in [0, 0.1) is 0 Å². The number of amides is 1. The zero-order valence-electron chi connectivity index (χ0n) is 12.1. The lowest BCUT2D eigenvalue weighted by Gasteiger charge is -2.14. The molecule has 0 atom stereocenters. The summed E-state index contributed by atoms with van der Waals surface area (Å²) in [6.07, 6.45) is 1.57. The van der Waals surface area contributed by atoms with Crippen molar-refractivity contribution in [2.45, 2.75) is 4.21 Å². The molecule has 0 unspecified atom stereocenters. The summed E-state index contributed by atoms with van der Waals surface area (Å²) in [5.74, 6) is -0.554. The van der Waals surface area contributed by atoms with E-state index in [1.807, 2.05) is 0 Å². The van der Waals surface area contributed by atoms with Crippen LogP contribution in [0.15, 0.2) is 44.8 Å². The summed E-state index contributed by atoms with van der Waals surface area (Å²) >= 11 is 19.0. The minimum Gasteiger partial charge on any atom is -0.267 e. The predicted octanol–water partition coefficient (Wildman–Crippen LogP) is 4.15. The summed E-state index contributed by atoms with van der Waals surface area (Å²) < 4.78 is 24.7. The summed E-state index contributed by atoms with van der Waals surface area (Å²) in [6, 6.07) is 7.95. The van der Waals surface area contributed by atoms with Gasteiger partial charge in [0.15, 0.2) is 4.32 Å². The molecule has 0 radical (unpaired) electrons. The van der Waals surface area contributed by atoms with E-state index in [9.17, 15) is 13.2 Å². The van der Waals surface area contributed by atoms with Gasteiger partial charge in [-0.15, -0.1) is 16.2 Å². The molecule has 1 aliphatic rings. The fraction of sp³-hybridized carbons (Fsp3) is 0. The lowest BCUT2D eigenvalue weighted by atomic mass is 10.2. The number of hydrogen-bond donors (Lipinski definition) is 1. The van der Waals surface area contributed by atoms with Crippen LogP contribution in [0.2, 0.25) is 10.0 Å².